The summed E-state index contributed by atoms with van der Waals surface area (Å²) in [6.07, 6.45) is -3.29. The second kappa shape index (κ2) is 10.4. The van der Waals surface area contributed by atoms with Gasteiger partial charge >= 0.3 is 6.18 Å². The number of pyridine rings is 1. The molecule has 2 aromatic carbocycles. The Labute approximate surface area is 228 Å². The van der Waals surface area contributed by atoms with E-state index < -0.39 is 29.5 Å². The van der Waals surface area contributed by atoms with Crippen LogP contribution in [0.5, 0.6) is 5.75 Å². The third kappa shape index (κ3) is 5.50. The quantitative estimate of drug-likeness (QED) is 0.233. The first-order valence-corrected chi connectivity index (χ1v) is 12.5. The number of carbonyl (C=O) groups is 2. The molecule has 204 valence electrons. The number of primary amides is 1. The minimum absolute atomic E-state index is 0.0609. The number of ether oxygens (including phenoxy) is 1. The molecule has 8 nitrogen and oxygen atoms in total. The summed E-state index contributed by atoms with van der Waals surface area (Å²) in [5.41, 5.74) is 5.71. The number of alkyl halides is 3. The van der Waals surface area contributed by atoms with Crippen LogP contribution in [-0.4, -0.2) is 26.6 Å². The monoisotopic (exact) mass is 569 g/mol. The second-order valence-electron chi connectivity index (χ2n) is 8.69. The highest BCUT2D eigenvalue weighted by Gasteiger charge is 2.35. The molecule has 0 radical (unpaired) electrons. The molecule has 0 unspecified atom stereocenters. The van der Waals surface area contributed by atoms with E-state index in [4.69, 9.17) is 10.5 Å². The summed E-state index contributed by atoms with van der Waals surface area (Å²) in [5, 5.41) is 6.88. The molecule has 5 rings (SSSR count). The van der Waals surface area contributed by atoms with Gasteiger partial charge in [-0.05, 0) is 54.4 Å². The SMILES string of the molecule is Cc1ccc(-c2cc(C(F)(F)F)nc3sc(C(N)=O)c(NC(=O)c4ccn(COc5ccc(F)cc5)n4)c23)cc1. The number of nitrogens with two attached hydrogens (primary N) is 1. The van der Waals surface area contributed by atoms with E-state index >= 15 is 0 Å². The zero-order valence-corrected chi connectivity index (χ0v) is 21.4. The molecule has 5 aromatic rings. The average Bonchev–Trinajstić information content (AvgIpc) is 3.53. The van der Waals surface area contributed by atoms with Gasteiger partial charge in [0.05, 0.1) is 5.69 Å². The van der Waals surface area contributed by atoms with Crippen molar-refractivity contribution in [3.8, 4) is 16.9 Å². The number of hydrogen-bond acceptors (Lipinski definition) is 6. The third-order valence-corrected chi connectivity index (χ3v) is 6.93. The minimum Gasteiger partial charge on any atom is -0.471 e. The fraction of sp³-hybridized carbons (Fsp3) is 0.111. The molecule has 0 aliphatic rings. The Balaban J connectivity index is 1.51. The van der Waals surface area contributed by atoms with Gasteiger partial charge in [-0.25, -0.2) is 14.1 Å². The Morgan fingerprint density at radius 3 is 2.42 bits per heavy atom. The van der Waals surface area contributed by atoms with E-state index in [0.717, 1.165) is 11.6 Å². The number of nitrogens with zero attached hydrogens (tertiary/aromatic N) is 3. The maximum Gasteiger partial charge on any atom is 0.433 e. The van der Waals surface area contributed by atoms with Crippen LogP contribution in [0, 0.1) is 12.7 Å². The van der Waals surface area contributed by atoms with Gasteiger partial charge < -0.3 is 15.8 Å². The molecule has 0 fully saturated rings. The van der Waals surface area contributed by atoms with E-state index in [0.29, 0.717) is 22.6 Å². The summed E-state index contributed by atoms with van der Waals surface area (Å²) < 4.78 is 61.0. The van der Waals surface area contributed by atoms with Crippen LogP contribution >= 0.6 is 11.3 Å². The van der Waals surface area contributed by atoms with Crippen molar-refractivity contribution in [1.82, 2.24) is 14.8 Å². The van der Waals surface area contributed by atoms with Crippen molar-refractivity contribution < 1.29 is 31.9 Å². The van der Waals surface area contributed by atoms with Crippen LogP contribution in [-0.2, 0) is 12.9 Å². The second-order valence-corrected chi connectivity index (χ2v) is 9.69. The highest BCUT2D eigenvalue weighted by molar-refractivity contribution is 7.21. The zero-order chi connectivity index (χ0) is 28.6. The van der Waals surface area contributed by atoms with Gasteiger partial charge in [-0.15, -0.1) is 11.3 Å². The van der Waals surface area contributed by atoms with Gasteiger partial charge in [0.1, 0.15) is 27.0 Å². The van der Waals surface area contributed by atoms with Gasteiger partial charge in [0.25, 0.3) is 11.8 Å². The summed E-state index contributed by atoms with van der Waals surface area (Å²) in [7, 11) is 0. The number of halogens is 4. The summed E-state index contributed by atoms with van der Waals surface area (Å²) in [6.45, 7) is 1.74. The number of carbonyl (C=O) groups excluding carboxylic acids is 2. The fourth-order valence-corrected chi connectivity index (χ4v) is 4.91. The van der Waals surface area contributed by atoms with Gasteiger partial charge in [-0.3, -0.25) is 9.59 Å². The van der Waals surface area contributed by atoms with Gasteiger partial charge in [0.2, 0.25) is 0 Å². The van der Waals surface area contributed by atoms with Crippen LogP contribution in [0.1, 0.15) is 31.4 Å². The van der Waals surface area contributed by atoms with Crippen molar-refractivity contribution in [3.63, 3.8) is 0 Å². The lowest BCUT2D eigenvalue weighted by atomic mass is 10.00. The van der Waals surface area contributed by atoms with Crippen LogP contribution in [0.4, 0.5) is 23.2 Å². The lowest BCUT2D eigenvalue weighted by Crippen LogP contribution is -2.18. The van der Waals surface area contributed by atoms with Crippen molar-refractivity contribution in [2.24, 2.45) is 5.73 Å². The number of benzene rings is 2. The van der Waals surface area contributed by atoms with Crippen LogP contribution in [0.25, 0.3) is 21.3 Å². The molecule has 0 saturated carbocycles. The van der Waals surface area contributed by atoms with Crippen LogP contribution in [0.15, 0.2) is 66.9 Å². The fourth-order valence-electron chi connectivity index (χ4n) is 3.90. The first kappa shape index (κ1) is 26.8. The molecule has 3 aromatic heterocycles. The number of rotatable bonds is 7. The van der Waals surface area contributed by atoms with E-state index in [-0.39, 0.29) is 38.8 Å². The summed E-state index contributed by atoms with van der Waals surface area (Å²) in [4.78, 5) is 28.9. The number of nitrogens with one attached hydrogen (secondary N) is 1. The average molecular weight is 570 g/mol. The molecule has 0 aliphatic carbocycles. The molecular weight excluding hydrogens is 550 g/mol. The van der Waals surface area contributed by atoms with Crippen LogP contribution in [0.2, 0.25) is 0 Å². The van der Waals surface area contributed by atoms with Crippen molar-refractivity contribution in [2.75, 3.05) is 5.32 Å². The Hall–Kier alpha value is -4.78. The number of aryl methyl sites for hydroxylation is 1. The number of amides is 2. The predicted octanol–water partition coefficient (Wildman–Crippen LogP) is 6.01. The van der Waals surface area contributed by atoms with E-state index in [2.05, 4.69) is 15.4 Å². The van der Waals surface area contributed by atoms with E-state index in [1.807, 2.05) is 6.92 Å². The molecule has 0 saturated heterocycles. The van der Waals surface area contributed by atoms with Crippen molar-refractivity contribution in [3.05, 3.63) is 94.5 Å². The third-order valence-electron chi connectivity index (χ3n) is 5.83. The molecule has 3 heterocycles. The molecule has 0 aliphatic heterocycles. The van der Waals surface area contributed by atoms with Gasteiger partial charge in [0, 0.05) is 11.6 Å². The number of hydrogen-bond donors (Lipinski definition) is 2. The van der Waals surface area contributed by atoms with Gasteiger partial charge in [-0.1, -0.05) is 29.8 Å². The lowest BCUT2D eigenvalue weighted by molar-refractivity contribution is -0.140. The number of fused-ring (bicyclic) bond motifs is 1. The number of thiophene rings is 1. The van der Waals surface area contributed by atoms with E-state index in [1.165, 1.54) is 41.2 Å². The van der Waals surface area contributed by atoms with Crippen LogP contribution in [0.3, 0.4) is 0 Å². The van der Waals surface area contributed by atoms with Gasteiger partial charge in [-0.2, -0.15) is 18.3 Å². The molecular formula is C27H19F4N5O3S. The summed E-state index contributed by atoms with van der Waals surface area (Å²) in [5.74, 6) is -1.72. The number of aromatic nitrogens is 3. The maximum absolute atomic E-state index is 13.7. The predicted molar refractivity (Wildman–Crippen MR) is 141 cm³/mol. The van der Waals surface area contributed by atoms with E-state index in [9.17, 15) is 27.2 Å². The Bertz CT molecular complexity index is 1730. The molecule has 3 N–H and O–H groups in total. The first-order valence-electron chi connectivity index (χ1n) is 11.6. The number of anilines is 1. The molecule has 40 heavy (non-hydrogen) atoms. The van der Waals surface area contributed by atoms with Crippen molar-refractivity contribution in [2.45, 2.75) is 19.8 Å². The van der Waals surface area contributed by atoms with Crippen LogP contribution < -0.4 is 15.8 Å². The van der Waals surface area contributed by atoms with E-state index in [1.54, 1.807) is 24.3 Å². The Morgan fingerprint density at radius 2 is 1.77 bits per heavy atom. The molecule has 2 amide bonds. The lowest BCUT2D eigenvalue weighted by Gasteiger charge is -2.12. The maximum atomic E-state index is 13.7. The molecule has 0 bridgehead atoms. The standard InChI is InChI=1S/C27H19F4N5O3S/c1-14-2-4-15(5-3-14)18-12-20(27(29,30)31)33-26-21(18)22(23(40-26)24(32)37)34-25(38)19-10-11-36(35-19)13-39-17-8-6-16(28)7-9-17/h2-12H,13H2,1H3,(H2,32,37)(H,34,38). The highest BCUT2D eigenvalue weighted by Crippen LogP contribution is 2.43. The summed E-state index contributed by atoms with van der Waals surface area (Å²) in [6, 6.07) is 14.3. The molecule has 0 atom stereocenters. The first-order chi connectivity index (χ1) is 19.0. The Kier molecular flexibility index (Phi) is 6.98. The van der Waals surface area contributed by atoms with Gasteiger partial charge in [0.15, 0.2) is 12.4 Å². The largest absolute Gasteiger partial charge is 0.471 e. The smallest absolute Gasteiger partial charge is 0.433 e. The highest BCUT2D eigenvalue weighted by atomic mass is 32.1. The molecule has 0 spiro atoms. The molecule has 13 heteroatoms. The zero-order valence-electron chi connectivity index (χ0n) is 20.6. The topological polar surface area (TPSA) is 112 Å². The van der Waals surface area contributed by atoms with Crippen molar-refractivity contribution >= 4 is 39.1 Å². The minimum atomic E-state index is -4.75. The normalized spacial score (nSPS) is 11.5. The summed E-state index contributed by atoms with van der Waals surface area (Å²) >= 11 is 0.651. The van der Waals surface area contributed by atoms with Crippen molar-refractivity contribution in [1.29, 1.82) is 0 Å². The Morgan fingerprint density at radius 1 is 1.07 bits per heavy atom.